The second kappa shape index (κ2) is 8.91. The predicted molar refractivity (Wildman–Crippen MR) is 124 cm³/mol. The van der Waals surface area contributed by atoms with Crippen molar-refractivity contribution in [3.05, 3.63) is 41.5 Å². The van der Waals surface area contributed by atoms with E-state index in [1.54, 1.807) is 14.2 Å². The van der Waals surface area contributed by atoms with Gasteiger partial charge in [0.25, 0.3) is 0 Å². The number of methoxy groups -OCH3 is 2. The molecule has 2 aromatic rings. The minimum absolute atomic E-state index is 0.152. The first kappa shape index (κ1) is 22.7. The topological polar surface area (TPSA) is 75.7 Å². The van der Waals surface area contributed by atoms with Gasteiger partial charge in [-0.05, 0) is 38.8 Å². The van der Waals surface area contributed by atoms with Gasteiger partial charge in [0.2, 0.25) is 6.79 Å². The summed E-state index contributed by atoms with van der Waals surface area (Å²) in [4.78, 5) is 15.9. The fourth-order valence-corrected chi connectivity index (χ4v) is 5.48. The molecule has 1 fully saturated rings. The minimum Gasteiger partial charge on any atom is -0.497 e. The normalized spacial score (nSPS) is 25.4. The lowest BCUT2D eigenvalue weighted by atomic mass is 9.72. The van der Waals surface area contributed by atoms with Gasteiger partial charge >= 0.3 is 5.97 Å². The number of benzene rings is 2. The van der Waals surface area contributed by atoms with Crippen molar-refractivity contribution in [2.75, 3.05) is 40.7 Å². The third-order valence-corrected chi connectivity index (χ3v) is 7.12. The SMILES string of the molecule is CCOC(=O)[C@@H]1[C@@H](c2ccc(OC)cc2OC)c2cc3c(cc2O[C@@]1(C)N1CCCC1)OCO3. The quantitative estimate of drug-likeness (QED) is 0.589. The Morgan fingerprint density at radius 1 is 1.03 bits per heavy atom. The summed E-state index contributed by atoms with van der Waals surface area (Å²) in [5.74, 6) is 1.90. The average molecular weight is 470 g/mol. The van der Waals surface area contributed by atoms with Gasteiger partial charge in [0.15, 0.2) is 17.2 Å². The Labute approximate surface area is 199 Å². The van der Waals surface area contributed by atoms with Crippen molar-refractivity contribution in [1.82, 2.24) is 4.90 Å². The van der Waals surface area contributed by atoms with Crippen LogP contribution in [-0.2, 0) is 9.53 Å². The number of ether oxygens (including phenoxy) is 6. The molecule has 0 radical (unpaired) electrons. The summed E-state index contributed by atoms with van der Waals surface area (Å²) in [6, 6.07) is 9.47. The van der Waals surface area contributed by atoms with E-state index in [4.69, 9.17) is 28.4 Å². The molecular weight excluding hydrogens is 438 g/mol. The molecule has 0 bridgehead atoms. The summed E-state index contributed by atoms with van der Waals surface area (Å²) in [7, 11) is 3.24. The largest absolute Gasteiger partial charge is 0.497 e. The number of esters is 1. The molecule has 0 saturated carbocycles. The maximum absolute atomic E-state index is 13.7. The van der Waals surface area contributed by atoms with Crippen molar-refractivity contribution in [3.8, 4) is 28.7 Å². The van der Waals surface area contributed by atoms with Gasteiger partial charge in [-0.1, -0.05) is 6.07 Å². The van der Waals surface area contributed by atoms with Crippen molar-refractivity contribution in [1.29, 1.82) is 0 Å². The zero-order valence-corrected chi connectivity index (χ0v) is 20.1. The number of nitrogens with zero attached hydrogens (tertiary/aromatic N) is 1. The second-order valence-corrected chi connectivity index (χ2v) is 8.91. The van der Waals surface area contributed by atoms with Gasteiger partial charge in [-0.2, -0.15) is 0 Å². The second-order valence-electron chi connectivity index (χ2n) is 8.91. The van der Waals surface area contributed by atoms with E-state index in [0.717, 1.165) is 37.1 Å². The Morgan fingerprint density at radius 2 is 1.76 bits per heavy atom. The summed E-state index contributed by atoms with van der Waals surface area (Å²) >= 11 is 0. The number of rotatable bonds is 6. The van der Waals surface area contributed by atoms with Crippen LogP contribution in [0.2, 0.25) is 0 Å². The molecule has 0 spiro atoms. The van der Waals surface area contributed by atoms with E-state index < -0.39 is 17.6 Å². The van der Waals surface area contributed by atoms with Crippen LogP contribution >= 0.6 is 0 Å². The lowest BCUT2D eigenvalue weighted by molar-refractivity contribution is -0.174. The molecule has 0 aromatic heterocycles. The fraction of sp³-hybridized carbons (Fsp3) is 0.500. The molecule has 0 unspecified atom stereocenters. The van der Waals surface area contributed by atoms with Crippen molar-refractivity contribution in [3.63, 3.8) is 0 Å². The van der Waals surface area contributed by atoms with Crippen molar-refractivity contribution in [2.45, 2.75) is 38.3 Å². The van der Waals surface area contributed by atoms with Crippen LogP contribution in [0.4, 0.5) is 0 Å². The molecule has 0 amide bonds. The number of hydrogen-bond acceptors (Lipinski definition) is 8. The highest BCUT2D eigenvalue weighted by molar-refractivity contribution is 5.78. The van der Waals surface area contributed by atoms with E-state index in [-0.39, 0.29) is 19.4 Å². The zero-order chi connectivity index (χ0) is 23.9. The fourth-order valence-electron chi connectivity index (χ4n) is 5.48. The van der Waals surface area contributed by atoms with Crippen LogP contribution in [-0.4, -0.2) is 57.3 Å². The molecule has 3 heterocycles. The van der Waals surface area contributed by atoms with E-state index in [2.05, 4.69) is 4.90 Å². The molecule has 2 aromatic carbocycles. The maximum Gasteiger partial charge on any atom is 0.315 e. The molecule has 34 heavy (non-hydrogen) atoms. The molecule has 3 aliphatic rings. The lowest BCUT2D eigenvalue weighted by Gasteiger charge is -2.49. The molecule has 0 aliphatic carbocycles. The van der Waals surface area contributed by atoms with Crippen molar-refractivity contribution < 1.29 is 33.2 Å². The van der Waals surface area contributed by atoms with Gasteiger partial charge in [-0.3, -0.25) is 9.69 Å². The first-order valence-electron chi connectivity index (χ1n) is 11.8. The molecule has 5 rings (SSSR count). The van der Waals surface area contributed by atoms with Crippen LogP contribution in [0, 0.1) is 5.92 Å². The van der Waals surface area contributed by atoms with Gasteiger partial charge in [0, 0.05) is 42.3 Å². The maximum atomic E-state index is 13.7. The molecule has 8 nitrogen and oxygen atoms in total. The van der Waals surface area contributed by atoms with Gasteiger partial charge in [0.1, 0.15) is 23.2 Å². The Balaban J connectivity index is 1.75. The predicted octanol–water partition coefficient (Wildman–Crippen LogP) is 3.95. The Bertz CT molecular complexity index is 1080. The Hall–Kier alpha value is -3.13. The first-order valence-corrected chi connectivity index (χ1v) is 11.8. The first-order chi connectivity index (χ1) is 16.5. The highest BCUT2D eigenvalue weighted by Crippen LogP contribution is 2.55. The van der Waals surface area contributed by atoms with Crippen LogP contribution in [0.25, 0.3) is 0 Å². The zero-order valence-electron chi connectivity index (χ0n) is 20.1. The van der Waals surface area contributed by atoms with Crippen LogP contribution in [0.5, 0.6) is 28.7 Å². The summed E-state index contributed by atoms with van der Waals surface area (Å²) in [5.41, 5.74) is 0.775. The van der Waals surface area contributed by atoms with Crippen molar-refractivity contribution in [2.24, 2.45) is 5.92 Å². The van der Waals surface area contributed by atoms with Gasteiger partial charge < -0.3 is 28.4 Å². The van der Waals surface area contributed by atoms with E-state index >= 15 is 0 Å². The number of fused-ring (bicyclic) bond motifs is 2. The van der Waals surface area contributed by atoms with Crippen LogP contribution in [0.3, 0.4) is 0 Å². The Kier molecular flexibility index (Phi) is 5.93. The number of carbonyl (C=O) groups excluding carboxylic acids is 1. The van der Waals surface area contributed by atoms with Gasteiger partial charge in [-0.15, -0.1) is 0 Å². The minimum atomic E-state index is -0.918. The highest BCUT2D eigenvalue weighted by Gasteiger charge is 2.56. The Morgan fingerprint density at radius 3 is 2.44 bits per heavy atom. The monoisotopic (exact) mass is 469 g/mol. The van der Waals surface area contributed by atoms with Crippen LogP contribution in [0.1, 0.15) is 43.7 Å². The third-order valence-electron chi connectivity index (χ3n) is 7.12. The lowest BCUT2D eigenvalue weighted by Crippen LogP contribution is -2.61. The average Bonchev–Trinajstić information content (AvgIpc) is 3.54. The van der Waals surface area contributed by atoms with Gasteiger partial charge in [0.05, 0.1) is 20.8 Å². The number of likely N-dealkylation sites (tertiary alicyclic amines) is 1. The molecule has 182 valence electrons. The highest BCUT2D eigenvalue weighted by atomic mass is 16.7. The smallest absolute Gasteiger partial charge is 0.315 e. The standard InChI is InChI=1S/C26H31NO7/c1-5-31-25(28)24-23(17-9-8-16(29-3)12-19(17)30-4)18-13-21-22(33-15-32-21)14-20(18)34-26(24,2)27-10-6-7-11-27/h8-9,12-14,23-24H,5-7,10-11,15H2,1-4H3/t23-,24-,26+/m0/s1. The number of hydrogen-bond donors (Lipinski definition) is 0. The summed E-state index contributed by atoms with van der Waals surface area (Å²) < 4.78 is 34.9. The number of carbonyl (C=O) groups is 1. The van der Waals surface area contributed by atoms with E-state index in [1.165, 1.54) is 0 Å². The van der Waals surface area contributed by atoms with Gasteiger partial charge in [-0.25, -0.2) is 0 Å². The molecule has 8 heteroatoms. The molecular formula is C26H31NO7. The van der Waals surface area contributed by atoms with Crippen molar-refractivity contribution >= 4 is 5.97 Å². The molecule has 3 aliphatic heterocycles. The summed E-state index contributed by atoms with van der Waals surface area (Å²) in [6.45, 7) is 5.95. The molecule has 0 N–H and O–H groups in total. The van der Waals surface area contributed by atoms with E-state index in [9.17, 15) is 4.79 Å². The summed E-state index contributed by atoms with van der Waals surface area (Å²) in [5, 5.41) is 0. The summed E-state index contributed by atoms with van der Waals surface area (Å²) in [6.07, 6.45) is 2.11. The molecule has 3 atom stereocenters. The van der Waals surface area contributed by atoms with E-state index in [0.29, 0.717) is 28.7 Å². The third kappa shape index (κ3) is 3.60. The van der Waals surface area contributed by atoms with E-state index in [1.807, 2.05) is 44.2 Å². The van der Waals surface area contributed by atoms with Crippen LogP contribution < -0.4 is 23.7 Å². The van der Waals surface area contributed by atoms with Crippen LogP contribution in [0.15, 0.2) is 30.3 Å². The molecule has 1 saturated heterocycles.